The first-order valence-corrected chi connectivity index (χ1v) is 5.33. The molecule has 1 aromatic heterocycles. The highest BCUT2D eigenvalue weighted by Gasteiger charge is 1.91. The molecule has 0 aliphatic heterocycles. The number of aryl methyl sites for hydroxylation is 1. The van der Waals surface area contributed by atoms with Crippen LogP contribution < -0.4 is 0 Å². The van der Waals surface area contributed by atoms with Crippen molar-refractivity contribution in [2.75, 3.05) is 0 Å². The summed E-state index contributed by atoms with van der Waals surface area (Å²) in [5.74, 6) is 0. The summed E-state index contributed by atoms with van der Waals surface area (Å²) >= 11 is 2.21. The minimum absolute atomic E-state index is 1.08. The van der Waals surface area contributed by atoms with Gasteiger partial charge in [0.15, 0.2) is 0 Å². The molecule has 0 aliphatic carbocycles. The van der Waals surface area contributed by atoms with Crippen LogP contribution in [-0.2, 0) is 6.42 Å². The molecule has 0 unspecified atom stereocenters. The Kier molecular flexibility index (Phi) is 4.29. The first-order chi connectivity index (χ1) is 5.86. The Hall–Kier alpha value is -0.380. The van der Waals surface area contributed by atoms with E-state index in [1.807, 2.05) is 16.4 Å². The van der Waals surface area contributed by atoms with Gasteiger partial charge in [-0.2, -0.15) is 0 Å². The van der Waals surface area contributed by atoms with Crippen LogP contribution in [0.2, 0.25) is 0 Å². The van der Waals surface area contributed by atoms with Gasteiger partial charge < -0.3 is 0 Å². The quantitative estimate of drug-likeness (QED) is 0.769. The Morgan fingerprint density at radius 1 is 1.50 bits per heavy atom. The van der Waals surface area contributed by atoms with E-state index in [0.717, 1.165) is 12.8 Å². The highest BCUT2D eigenvalue weighted by molar-refractivity contribution is 14.1. The van der Waals surface area contributed by atoms with Crippen LogP contribution in [0, 0.1) is 0 Å². The molecule has 64 valence electrons. The zero-order valence-electron chi connectivity index (χ0n) is 7.13. The number of nitrogens with zero attached hydrogens (tertiary/aromatic N) is 1. The molecular formula is C10H12IN. The van der Waals surface area contributed by atoms with Crippen LogP contribution in [0.1, 0.15) is 24.6 Å². The van der Waals surface area contributed by atoms with Crippen molar-refractivity contribution in [1.29, 1.82) is 0 Å². The summed E-state index contributed by atoms with van der Waals surface area (Å²) < 4.78 is 1.99. The van der Waals surface area contributed by atoms with Crippen LogP contribution in [0.25, 0.3) is 6.08 Å². The molecule has 0 radical (unpaired) electrons. The lowest BCUT2D eigenvalue weighted by molar-refractivity contribution is 0.882. The van der Waals surface area contributed by atoms with E-state index in [-0.39, 0.29) is 0 Å². The molecule has 12 heavy (non-hydrogen) atoms. The fourth-order valence-electron chi connectivity index (χ4n) is 1.01. The normalized spacial score (nSPS) is 10.8. The summed E-state index contributed by atoms with van der Waals surface area (Å²) in [7, 11) is 0. The van der Waals surface area contributed by atoms with E-state index >= 15 is 0 Å². The van der Waals surface area contributed by atoms with Crippen molar-refractivity contribution in [2.45, 2.75) is 19.8 Å². The maximum atomic E-state index is 4.33. The number of hydrogen-bond donors (Lipinski definition) is 0. The van der Waals surface area contributed by atoms with Crippen molar-refractivity contribution in [3.05, 3.63) is 33.7 Å². The lowest BCUT2D eigenvalue weighted by atomic mass is 10.2. The largest absolute Gasteiger partial charge is 0.261 e. The van der Waals surface area contributed by atoms with Gasteiger partial charge in [-0.3, -0.25) is 4.98 Å². The first-order valence-electron chi connectivity index (χ1n) is 4.08. The molecule has 1 rings (SSSR count). The van der Waals surface area contributed by atoms with Crippen molar-refractivity contribution in [3.63, 3.8) is 0 Å². The second-order valence-corrected chi connectivity index (χ2v) is 3.34. The maximum absolute atomic E-state index is 4.33. The van der Waals surface area contributed by atoms with Crippen molar-refractivity contribution >= 4 is 28.7 Å². The van der Waals surface area contributed by atoms with Crippen molar-refractivity contribution < 1.29 is 0 Å². The van der Waals surface area contributed by atoms with E-state index in [0.29, 0.717) is 0 Å². The standard InChI is InChI=1S/C10H12IN/c1-2-3-10-5-4-9(6-7-11)8-12-10/h4-8H,2-3H2,1H3/b7-6+. The predicted octanol–water partition coefficient (Wildman–Crippen LogP) is 3.44. The third-order valence-electron chi connectivity index (χ3n) is 1.61. The lowest BCUT2D eigenvalue weighted by Gasteiger charge is -1.97. The van der Waals surface area contributed by atoms with Crippen molar-refractivity contribution in [3.8, 4) is 0 Å². The number of pyridine rings is 1. The fraction of sp³-hybridized carbons (Fsp3) is 0.300. The Morgan fingerprint density at radius 2 is 2.33 bits per heavy atom. The molecule has 0 spiro atoms. The molecule has 1 heterocycles. The van der Waals surface area contributed by atoms with Crippen LogP contribution in [0.15, 0.2) is 22.4 Å². The SMILES string of the molecule is CCCc1ccc(/C=C/I)cn1. The molecule has 0 bridgehead atoms. The van der Waals surface area contributed by atoms with E-state index in [9.17, 15) is 0 Å². The Bertz CT molecular complexity index is 251. The fourth-order valence-corrected chi connectivity index (χ4v) is 1.43. The molecule has 0 atom stereocenters. The molecule has 0 saturated heterocycles. The van der Waals surface area contributed by atoms with E-state index in [2.05, 4.69) is 46.6 Å². The minimum Gasteiger partial charge on any atom is -0.261 e. The van der Waals surface area contributed by atoms with E-state index in [4.69, 9.17) is 0 Å². The predicted molar refractivity (Wildman–Crippen MR) is 61.3 cm³/mol. The molecule has 1 nitrogen and oxygen atoms in total. The summed E-state index contributed by atoms with van der Waals surface area (Å²) in [5, 5.41) is 0. The molecule has 2 heteroatoms. The first kappa shape index (κ1) is 9.71. The summed E-state index contributed by atoms with van der Waals surface area (Å²) in [5.41, 5.74) is 2.35. The molecule has 0 aromatic carbocycles. The van der Waals surface area contributed by atoms with Gasteiger partial charge in [0, 0.05) is 11.9 Å². The molecule has 0 saturated carbocycles. The molecule has 0 aliphatic rings. The van der Waals surface area contributed by atoms with Crippen LogP contribution in [-0.4, -0.2) is 4.98 Å². The van der Waals surface area contributed by atoms with Gasteiger partial charge in [0.25, 0.3) is 0 Å². The van der Waals surface area contributed by atoms with E-state index < -0.39 is 0 Å². The second kappa shape index (κ2) is 5.30. The zero-order chi connectivity index (χ0) is 8.81. The molecule has 0 amide bonds. The van der Waals surface area contributed by atoms with Crippen LogP contribution in [0.3, 0.4) is 0 Å². The van der Waals surface area contributed by atoms with Gasteiger partial charge in [-0.25, -0.2) is 0 Å². The summed E-state index contributed by atoms with van der Waals surface area (Å²) in [6, 6.07) is 4.20. The Morgan fingerprint density at radius 3 is 2.83 bits per heavy atom. The van der Waals surface area contributed by atoms with Crippen LogP contribution in [0.5, 0.6) is 0 Å². The summed E-state index contributed by atoms with van der Waals surface area (Å²) in [6.45, 7) is 2.17. The Balaban J connectivity index is 2.71. The molecule has 1 aromatic rings. The van der Waals surface area contributed by atoms with Gasteiger partial charge >= 0.3 is 0 Å². The van der Waals surface area contributed by atoms with Gasteiger partial charge in [-0.15, -0.1) is 0 Å². The average molecular weight is 273 g/mol. The molecule has 0 N–H and O–H groups in total. The smallest absolute Gasteiger partial charge is 0.0403 e. The average Bonchev–Trinajstić information content (AvgIpc) is 2.09. The van der Waals surface area contributed by atoms with Gasteiger partial charge in [0.1, 0.15) is 0 Å². The number of aromatic nitrogens is 1. The monoisotopic (exact) mass is 273 g/mol. The number of hydrogen-bond acceptors (Lipinski definition) is 1. The summed E-state index contributed by atoms with van der Waals surface area (Å²) in [4.78, 5) is 4.33. The van der Waals surface area contributed by atoms with Crippen LogP contribution >= 0.6 is 22.6 Å². The van der Waals surface area contributed by atoms with Crippen molar-refractivity contribution in [1.82, 2.24) is 4.98 Å². The number of halogens is 1. The van der Waals surface area contributed by atoms with Gasteiger partial charge in [-0.1, -0.05) is 42.0 Å². The van der Waals surface area contributed by atoms with E-state index in [1.165, 1.54) is 11.3 Å². The lowest BCUT2D eigenvalue weighted by Crippen LogP contribution is -1.87. The highest BCUT2D eigenvalue weighted by atomic mass is 127. The second-order valence-electron chi connectivity index (χ2n) is 2.63. The van der Waals surface area contributed by atoms with Gasteiger partial charge in [-0.05, 0) is 28.2 Å². The maximum Gasteiger partial charge on any atom is 0.0403 e. The van der Waals surface area contributed by atoms with Gasteiger partial charge in [0.05, 0.1) is 0 Å². The Labute approximate surface area is 87.0 Å². The minimum atomic E-state index is 1.08. The van der Waals surface area contributed by atoms with Crippen molar-refractivity contribution in [2.24, 2.45) is 0 Å². The molecule has 0 fully saturated rings. The van der Waals surface area contributed by atoms with Crippen LogP contribution in [0.4, 0.5) is 0 Å². The zero-order valence-corrected chi connectivity index (χ0v) is 9.28. The highest BCUT2D eigenvalue weighted by Crippen LogP contribution is 2.05. The summed E-state index contributed by atoms with van der Waals surface area (Å²) in [6.07, 6.45) is 6.20. The topological polar surface area (TPSA) is 12.9 Å². The number of rotatable bonds is 3. The van der Waals surface area contributed by atoms with E-state index in [1.54, 1.807) is 0 Å². The van der Waals surface area contributed by atoms with Gasteiger partial charge in [0.2, 0.25) is 0 Å². The third-order valence-corrected chi connectivity index (χ3v) is 1.97. The third kappa shape index (κ3) is 2.93. The molecular weight excluding hydrogens is 261 g/mol.